The number of sulfone groups is 1. The summed E-state index contributed by atoms with van der Waals surface area (Å²) in [5.74, 6) is -1.95. The van der Waals surface area contributed by atoms with Crippen LogP contribution in [-0.2, 0) is 14.6 Å². The number of ketones is 2. The zero-order chi connectivity index (χ0) is 18.6. The molecule has 7 heteroatoms. The van der Waals surface area contributed by atoms with Crippen LogP contribution in [0.25, 0.3) is 0 Å². The first-order chi connectivity index (χ1) is 12.3. The summed E-state index contributed by atoms with van der Waals surface area (Å²) in [6.07, 6.45) is 2.13. The number of benzene rings is 1. The Morgan fingerprint density at radius 3 is 2.69 bits per heavy atom. The number of rotatable bonds is 2. The van der Waals surface area contributed by atoms with E-state index >= 15 is 0 Å². The number of hydrogen-bond acceptors (Lipinski definition) is 5. The van der Waals surface area contributed by atoms with E-state index in [0.29, 0.717) is 36.1 Å². The van der Waals surface area contributed by atoms with E-state index in [0.717, 1.165) is 12.1 Å². The minimum absolute atomic E-state index is 0.00330. The van der Waals surface area contributed by atoms with Crippen molar-refractivity contribution in [1.82, 2.24) is 5.32 Å². The maximum Gasteiger partial charge on any atom is 0.177 e. The predicted molar refractivity (Wildman–Crippen MR) is 93.6 cm³/mol. The van der Waals surface area contributed by atoms with Gasteiger partial charge in [-0.3, -0.25) is 9.59 Å². The highest BCUT2D eigenvalue weighted by Gasteiger charge is 2.44. The molecule has 1 N–H and O–H groups in total. The number of nitrogens with one attached hydrogen (secondary N) is 1. The summed E-state index contributed by atoms with van der Waals surface area (Å²) < 4.78 is 39.3. The van der Waals surface area contributed by atoms with Crippen LogP contribution < -0.4 is 5.32 Å². The zero-order valence-corrected chi connectivity index (χ0v) is 15.1. The van der Waals surface area contributed by atoms with Gasteiger partial charge in [0.15, 0.2) is 21.4 Å². The van der Waals surface area contributed by atoms with E-state index in [1.807, 2.05) is 0 Å². The molecule has 0 amide bonds. The van der Waals surface area contributed by atoms with Crippen molar-refractivity contribution in [1.29, 1.82) is 0 Å². The quantitative estimate of drug-likeness (QED) is 0.804. The number of halogens is 1. The highest BCUT2D eigenvalue weighted by atomic mass is 32.2. The SMILES string of the molecule is CC(=O)c1cc(C2C3=C(CCCC3=O)NC3=C2S(=O)(=O)CC3)ccc1F. The molecule has 26 heavy (non-hydrogen) atoms. The van der Waals surface area contributed by atoms with Crippen molar-refractivity contribution in [2.24, 2.45) is 0 Å². The van der Waals surface area contributed by atoms with Crippen molar-refractivity contribution in [3.63, 3.8) is 0 Å². The molecule has 2 aliphatic heterocycles. The Hall–Kier alpha value is -2.28. The smallest absolute Gasteiger partial charge is 0.177 e. The number of allylic oxidation sites excluding steroid dienone is 4. The maximum atomic E-state index is 14.0. The van der Waals surface area contributed by atoms with Gasteiger partial charge in [0.25, 0.3) is 0 Å². The molecule has 0 fully saturated rings. The lowest BCUT2D eigenvalue weighted by Gasteiger charge is -2.33. The van der Waals surface area contributed by atoms with E-state index in [1.54, 1.807) is 0 Å². The molecule has 3 aliphatic rings. The summed E-state index contributed by atoms with van der Waals surface area (Å²) in [4.78, 5) is 24.6. The first-order valence-corrected chi connectivity index (χ1v) is 10.2. The second-order valence-corrected chi connectivity index (χ2v) is 9.01. The standard InChI is InChI=1S/C19H18FNO4S/c1-10(22)12-9-11(5-6-13(12)20)17-18-14(3-2-4-16(18)23)21-15-7-8-26(24,25)19(15)17/h5-6,9,17,21H,2-4,7-8H2,1H3. The van der Waals surface area contributed by atoms with Crippen molar-refractivity contribution in [3.8, 4) is 0 Å². The van der Waals surface area contributed by atoms with Gasteiger partial charge in [0.1, 0.15) is 5.82 Å². The van der Waals surface area contributed by atoms with Crippen molar-refractivity contribution in [3.05, 3.63) is 57.0 Å². The third-order valence-corrected chi connectivity index (χ3v) is 7.16. The number of carbonyl (C=O) groups excluding carboxylic acids is 2. The molecule has 0 aromatic heterocycles. The molecule has 1 aromatic rings. The third-order valence-electron chi connectivity index (χ3n) is 5.27. The van der Waals surface area contributed by atoms with Crippen molar-refractivity contribution < 1.29 is 22.4 Å². The van der Waals surface area contributed by atoms with Gasteiger partial charge in [-0.25, -0.2) is 12.8 Å². The molecule has 136 valence electrons. The minimum atomic E-state index is -3.51. The molecule has 0 saturated heterocycles. The highest BCUT2D eigenvalue weighted by Crippen LogP contribution is 2.47. The van der Waals surface area contributed by atoms with Crippen LogP contribution in [0.4, 0.5) is 4.39 Å². The molecule has 0 bridgehead atoms. The summed E-state index contributed by atoms with van der Waals surface area (Å²) in [6.45, 7) is 1.26. The Balaban J connectivity index is 1.96. The number of dihydropyridines is 1. The first-order valence-electron chi connectivity index (χ1n) is 8.59. The van der Waals surface area contributed by atoms with Gasteiger partial charge >= 0.3 is 0 Å². The first kappa shape index (κ1) is 17.1. The minimum Gasteiger partial charge on any atom is -0.361 e. The normalized spacial score (nSPS) is 24.2. The van der Waals surface area contributed by atoms with E-state index < -0.39 is 27.4 Å². The topological polar surface area (TPSA) is 80.3 Å². The summed E-state index contributed by atoms with van der Waals surface area (Å²) in [5.41, 5.74) is 2.21. The van der Waals surface area contributed by atoms with Crippen molar-refractivity contribution in [2.75, 3.05) is 5.75 Å². The lowest BCUT2D eigenvalue weighted by molar-refractivity contribution is -0.116. The van der Waals surface area contributed by atoms with Gasteiger partial charge in [-0.15, -0.1) is 0 Å². The molecule has 1 unspecified atom stereocenters. The van der Waals surface area contributed by atoms with Gasteiger partial charge in [0.05, 0.1) is 22.1 Å². The lowest BCUT2D eigenvalue weighted by atomic mass is 9.79. The number of Topliss-reactive ketones (excluding diaryl/α,β-unsaturated/α-hetero) is 2. The monoisotopic (exact) mass is 375 g/mol. The molecule has 1 atom stereocenters. The summed E-state index contributed by atoms with van der Waals surface area (Å²) in [6, 6.07) is 4.03. The van der Waals surface area contributed by atoms with Crippen LogP contribution in [-0.4, -0.2) is 25.7 Å². The summed E-state index contributed by atoms with van der Waals surface area (Å²) >= 11 is 0. The van der Waals surface area contributed by atoms with Crippen LogP contribution in [0, 0.1) is 5.82 Å². The summed E-state index contributed by atoms with van der Waals surface area (Å²) in [7, 11) is -3.51. The van der Waals surface area contributed by atoms with Gasteiger partial charge in [0, 0.05) is 29.8 Å². The van der Waals surface area contributed by atoms with E-state index in [2.05, 4.69) is 5.32 Å². The van der Waals surface area contributed by atoms with Gasteiger partial charge in [-0.05, 0) is 37.5 Å². The fourth-order valence-corrected chi connectivity index (χ4v) is 5.92. The van der Waals surface area contributed by atoms with Gasteiger partial charge < -0.3 is 5.32 Å². The van der Waals surface area contributed by atoms with Crippen LogP contribution in [0.2, 0.25) is 0 Å². The molecule has 1 aromatic carbocycles. The molecule has 0 radical (unpaired) electrons. The molecule has 5 nitrogen and oxygen atoms in total. The predicted octanol–water partition coefficient (Wildman–Crippen LogP) is 2.75. The second kappa shape index (κ2) is 5.87. The largest absolute Gasteiger partial charge is 0.361 e. The summed E-state index contributed by atoms with van der Waals surface area (Å²) in [5, 5.41) is 3.17. The fourth-order valence-electron chi connectivity index (χ4n) is 4.09. The lowest BCUT2D eigenvalue weighted by Crippen LogP contribution is -2.32. The Bertz CT molecular complexity index is 1020. The average Bonchev–Trinajstić information content (AvgIpc) is 2.89. The van der Waals surface area contributed by atoms with E-state index in [-0.39, 0.29) is 22.0 Å². The van der Waals surface area contributed by atoms with Crippen molar-refractivity contribution >= 4 is 21.4 Å². The van der Waals surface area contributed by atoms with E-state index in [9.17, 15) is 22.4 Å². The Labute approximate surface area is 150 Å². The molecular weight excluding hydrogens is 357 g/mol. The average molecular weight is 375 g/mol. The molecule has 4 rings (SSSR count). The van der Waals surface area contributed by atoms with Crippen LogP contribution in [0.15, 0.2) is 40.1 Å². The zero-order valence-electron chi connectivity index (χ0n) is 14.3. The van der Waals surface area contributed by atoms with Crippen LogP contribution in [0.1, 0.15) is 54.4 Å². The Morgan fingerprint density at radius 1 is 1.19 bits per heavy atom. The number of hydrogen-bond donors (Lipinski definition) is 1. The van der Waals surface area contributed by atoms with Crippen LogP contribution in [0.3, 0.4) is 0 Å². The number of carbonyl (C=O) groups is 2. The maximum absolute atomic E-state index is 14.0. The molecule has 0 spiro atoms. The van der Waals surface area contributed by atoms with E-state index in [4.69, 9.17) is 0 Å². The molecular formula is C19H18FNO4S. The fraction of sp³-hybridized carbons (Fsp3) is 0.368. The second-order valence-electron chi connectivity index (χ2n) is 6.93. The van der Waals surface area contributed by atoms with Crippen molar-refractivity contribution in [2.45, 2.75) is 38.5 Å². The van der Waals surface area contributed by atoms with Gasteiger partial charge in [-0.2, -0.15) is 0 Å². The van der Waals surface area contributed by atoms with Gasteiger partial charge in [-0.1, -0.05) is 6.07 Å². The van der Waals surface area contributed by atoms with E-state index in [1.165, 1.54) is 25.1 Å². The van der Waals surface area contributed by atoms with Crippen LogP contribution in [0.5, 0.6) is 0 Å². The molecule has 1 aliphatic carbocycles. The van der Waals surface area contributed by atoms with Crippen LogP contribution >= 0.6 is 0 Å². The third kappa shape index (κ3) is 2.53. The molecule has 2 heterocycles. The highest BCUT2D eigenvalue weighted by molar-refractivity contribution is 7.95. The Kier molecular flexibility index (Phi) is 3.87. The Morgan fingerprint density at radius 2 is 1.96 bits per heavy atom. The molecule has 0 saturated carbocycles. The van der Waals surface area contributed by atoms with Gasteiger partial charge in [0.2, 0.25) is 0 Å².